The van der Waals surface area contributed by atoms with Gasteiger partial charge in [-0.3, -0.25) is 9.48 Å². The largest absolute Gasteiger partial charge is 0.339 e. The molecule has 3 amide bonds. The summed E-state index contributed by atoms with van der Waals surface area (Å²) in [6.45, 7) is 5.52. The van der Waals surface area contributed by atoms with Crippen molar-refractivity contribution < 1.29 is 9.59 Å². The maximum atomic E-state index is 13.2. The molecule has 2 aromatic carbocycles. The Morgan fingerprint density at radius 2 is 1.83 bits per heavy atom. The fourth-order valence-corrected chi connectivity index (χ4v) is 4.48. The number of rotatable bonds is 5. The fourth-order valence-electron chi connectivity index (χ4n) is 4.48. The summed E-state index contributed by atoms with van der Waals surface area (Å²) in [6, 6.07) is 15.0. The van der Waals surface area contributed by atoms with Crippen LogP contribution in [-0.2, 0) is 13.6 Å². The highest BCUT2D eigenvalue weighted by molar-refractivity contribution is 5.97. The normalized spacial score (nSPS) is 13.8. The molecule has 0 bridgehead atoms. The Morgan fingerprint density at radius 1 is 1.11 bits per heavy atom. The van der Waals surface area contributed by atoms with Gasteiger partial charge in [0, 0.05) is 49.7 Å². The molecular formula is C27H30N6O2. The van der Waals surface area contributed by atoms with Gasteiger partial charge in [0.25, 0.3) is 5.91 Å². The Labute approximate surface area is 205 Å². The number of aryl methyl sites for hydroxylation is 3. The molecule has 1 fully saturated rings. The van der Waals surface area contributed by atoms with Crippen molar-refractivity contribution in [3.8, 4) is 6.07 Å². The van der Waals surface area contributed by atoms with E-state index in [9.17, 15) is 9.59 Å². The molecule has 1 aromatic heterocycles. The van der Waals surface area contributed by atoms with Gasteiger partial charge < -0.3 is 15.5 Å². The summed E-state index contributed by atoms with van der Waals surface area (Å²) < 4.78 is 1.72. The molecule has 1 saturated heterocycles. The van der Waals surface area contributed by atoms with Crippen LogP contribution in [0.25, 0.3) is 0 Å². The minimum Gasteiger partial charge on any atom is -0.339 e. The van der Waals surface area contributed by atoms with E-state index in [-0.39, 0.29) is 11.9 Å². The minimum absolute atomic E-state index is 0.0299. The van der Waals surface area contributed by atoms with Crippen molar-refractivity contribution in [3.05, 3.63) is 82.2 Å². The number of hydrogen-bond donors (Lipinski definition) is 2. The topological polar surface area (TPSA) is 103 Å². The van der Waals surface area contributed by atoms with Crippen molar-refractivity contribution in [2.45, 2.75) is 39.2 Å². The number of nitrogens with one attached hydrogen (secondary N) is 2. The van der Waals surface area contributed by atoms with E-state index in [0.717, 1.165) is 29.7 Å². The first-order valence-electron chi connectivity index (χ1n) is 11.8. The second-order valence-electron chi connectivity index (χ2n) is 9.05. The molecule has 2 heterocycles. The number of nitriles is 1. The van der Waals surface area contributed by atoms with Gasteiger partial charge in [-0.15, -0.1) is 0 Å². The third-order valence-corrected chi connectivity index (χ3v) is 6.58. The Bertz CT molecular complexity index is 1260. The van der Waals surface area contributed by atoms with Crippen molar-refractivity contribution in [1.82, 2.24) is 20.0 Å². The number of carbonyl (C=O) groups excluding carboxylic acids is 2. The molecule has 4 rings (SSSR count). The molecular weight excluding hydrogens is 440 g/mol. The molecule has 1 aliphatic rings. The fraction of sp³-hybridized carbons (Fsp3) is 0.333. The Morgan fingerprint density at radius 3 is 2.46 bits per heavy atom. The second kappa shape index (κ2) is 10.4. The monoisotopic (exact) mass is 470 g/mol. The third kappa shape index (κ3) is 5.69. The maximum absolute atomic E-state index is 13.2. The Kier molecular flexibility index (Phi) is 7.16. The van der Waals surface area contributed by atoms with Gasteiger partial charge >= 0.3 is 6.03 Å². The van der Waals surface area contributed by atoms with E-state index < -0.39 is 0 Å². The van der Waals surface area contributed by atoms with Crippen molar-refractivity contribution in [1.29, 1.82) is 5.26 Å². The number of anilines is 1. The summed E-state index contributed by atoms with van der Waals surface area (Å²) in [5.74, 6) is 0.354. The predicted molar refractivity (Wildman–Crippen MR) is 134 cm³/mol. The maximum Gasteiger partial charge on any atom is 0.319 e. The molecule has 35 heavy (non-hydrogen) atoms. The standard InChI is InChI=1S/C27H30N6O2/c1-18-4-7-23(14-25(18)30-27(35)29-16-24-17-32(3)31-19(24)2)26(34)33-12-10-22(11-13-33)21-8-5-20(15-28)6-9-21/h4-9,14,17,22H,10-13,16H2,1-3H3,(H2,29,30,35). The predicted octanol–water partition coefficient (Wildman–Crippen LogP) is 4.25. The molecule has 8 heteroatoms. The first-order valence-corrected chi connectivity index (χ1v) is 11.8. The van der Waals surface area contributed by atoms with E-state index in [0.29, 0.717) is 42.4 Å². The number of nitrogens with zero attached hydrogens (tertiary/aromatic N) is 4. The van der Waals surface area contributed by atoms with Gasteiger partial charge in [-0.2, -0.15) is 10.4 Å². The molecule has 2 N–H and O–H groups in total. The summed E-state index contributed by atoms with van der Waals surface area (Å²) in [5, 5.41) is 19.0. The highest BCUT2D eigenvalue weighted by Gasteiger charge is 2.25. The van der Waals surface area contributed by atoms with Crippen LogP contribution >= 0.6 is 0 Å². The summed E-state index contributed by atoms with van der Waals surface area (Å²) in [6.07, 6.45) is 3.64. The minimum atomic E-state index is -0.329. The number of urea groups is 1. The van der Waals surface area contributed by atoms with Crippen LogP contribution in [0.1, 0.15) is 57.1 Å². The van der Waals surface area contributed by atoms with Crippen LogP contribution in [0, 0.1) is 25.2 Å². The molecule has 180 valence electrons. The average Bonchev–Trinajstić information content (AvgIpc) is 3.20. The number of aromatic nitrogens is 2. The van der Waals surface area contributed by atoms with Crippen LogP contribution in [0.4, 0.5) is 10.5 Å². The number of hydrogen-bond acceptors (Lipinski definition) is 4. The zero-order chi connectivity index (χ0) is 24.9. The molecule has 0 spiro atoms. The van der Waals surface area contributed by atoms with Gasteiger partial charge in [-0.25, -0.2) is 4.79 Å². The van der Waals surface area contributed by atoms with Crippen LogP contribution in [-0.4, -0.2) is 39.7 Å². The highest BCUT2D eigenvalue weighted by atomic mass is 16.2. The van der Waals surface area contributed by atoms with E-state index in [1.807, 2.05) is 68.4 Å². The number of piperidine rings is 1. The zero-order valence-corrected chi connectivity index (χ0v) is 20.3. The number of carbonyl (C=O) groups is 2. The molecule has 3 aromatic rings. The summed E-state index contributed by atoms with van der Waals surface area (Å²) in [7, 11) is 1.85. The zero-order valence-electron chi connectivity index (χ0n) is 20.3. The second-order valence-corrected chi connectivity index (χ2v) is 9.05. The molecule has 0 unspecified atom stereocenters. The van der Waals surface area contributed by atoms with Crippen molar-refractivity contribution in [3.63, 3.8) is 0 Å². The van der Waals surface area contributed by atoms with Gasteiger partial charge in [0.15, 0.2) is 0 Å². The van der Waals surface area contributed by atoms with Crippen LogP contribution in [0.5, 0.6) is 0 Å². The summed E-state index contributed by atoms with van der Waals surface area (Å²) >= 11 is 0. The number of amides is 3. The molecule has 8 nitrogen and oxygen atoms in total. The summed E-state index contributed by atoms with van der Waals surface area (Å²) in [5.41, 5.74) is 5.76. The van der Waals surface area contributed by atoms with E-state index in [1.54, 1.807) is 10.7 Å². The summed E-state index contributed by atoms with van der Waals surface area (Å²) in [4.78, 5) is 27.5. The number of likely N-dealkylation sites (tertiary alicyclic amines) is 1. The van der Waals surface area contributed by atoms with E-state index >= 15 is 0 Å². The van der Waals surface area contributed by atoms with Gasteiger partial charge in [0.05, 0.1) is 17.3 Å². The van der Waals surface area contributed by atoms with Crippen LogP contribution in [0.15, 0.2) is 48.7 Å². The van der Waals surface area contributed by atoms with Gasteiger partial charge in [0.2, 0.25) is 0 Å². The van der Waals surface area contributed by atoms with Crippen molar-refractivity contribution >= 4 is 17.6 Å². The highest BCUT2D eigenvalue weighted by Crippen LogP contribution is 2.29. The lowest BCUT2D eigenvalue weighted by Gasteiger charge is -2.32. The third-order valence-electron chi connectivity index (χ3n) is 6.58. The van der Waals surface area contributed by atoms with Gasteiger partial charge in [-0.1, -0.05) is 18.2 Å². The molecule has 0 saturated carbocycles. The van der Waals surface area contributed by atoms with Crippen LogP contribution in [0.2, 0.25) is 0 Å². The Balaban J connectivity index is 1.35. The lowest BCUT2D eigenvalue weighted by atomic mass is 9.89. The van der Waals surface area contributed by atoms with Crippen molar-refractivity contribution in [2.24, 2.45) is 7.05 Å². The Hall–Kier alpha value is -4.12. The van der Waals surface area contributed by atoms with E-state index in [1.165, 1.54) is 5.56 Å². The lowest BCUT2D eigenvalue weighted by molar-refractivity contribution is 0.0713. The van der Waals surface area contributed by atoms with Crippen LogP contribution < -0.4 is 10.6 Å². The number of benzene rings is 2. The van der Waals surface area contributed by atoms with E-state index in [2.05, 4.69) is 21.8 Å². The van der Waals surface area contributed by atoms with E-state index in [4.69, 9.17) is 5.26 Å². The quantitative estimate of drug-likeness (QED) is 0.582. The first kappa shape index (κ1) is 24.0. The molecule has 0 aliphatic carbocycles. The first-order chi connectivity index (χ1) is 16.8. The van der Waals surface area contributed by atoms with Crippen molar-refractivity contribution in [2.75, 3.05) is 18.4 Å². The average molecular weight is 471 g/mol. The van der Waals surface area contributed by atoms with Crippen LogP contribution in [0.3, 0.4) is 0 Å². The molecule has 0 radical (unpaired) electrons. The SMILES string of the molecule is Cc1ccc(C(=O)N2CCC(c3ccc(C#N)cc3)CC2)cc1NC(=O)NCc1cn(C)nc1C. The lowest BCUT2D eigenvalue weighted by Crippen LogP contribution is -2.38. The molecule has 1 aliphatic heterocycles. The van der Waals surface area contributed by atoms with Gasteiger partial charge in [0.1, 0.15) is 0 Å². The smallest absolute Gasteiger partial charge is 0.319 e. The van der Waals surface area contributed by atoms with Gasteiger partial charge in [-0.05, 0) is 68.0 Å². The molecule has 0 atom stereocenters.